The molecule has 0 amide bonds. The Kier molecular flexibility index (Phi) is 7.36. The second-order valence-electron chi connectivity index (χ2n) is 8.12. The Hall–Kier alpha value is -2.41. The van der Waals surface area contributed by atoms with Gasteiger partial charge >= 0.3 is 6.18 Å². The van der Waals surface area contributed by atoms with Crippen molar-refractivity contribution >= 4 is 5.69 Å². The lowest BCUT2D eigenvalue weighted by molar-refractivity contribution is -0.137. The van der Waals surface area contributed by atoms with Crippen molar-refractivity contribution in [2.75, 3.05) is 39.3 Å². The molecular formula is C24H31F3N2O2. The van der Waals surface area contributed by atoms with E-state index < -0.39 is 11.7 Å². The van der Waals surface area contributed by atoms with Gasteiger partial charge in [-0.15, -0.1) is 0 Å². The van der Waals surface area contributed by atoms with E-state index >= 15 is 0 Å². The van der Waals surface area contributed by atoms with Crippen molar-refractivity contribution < 1.29 is 22.6 Å². The van der Waals surface area contributed by atoms with Crippen LogP contribution in [0.5, 0.6) is 11.5 Å². The molecule has 2 unspecified atom stereocenters. The maximum absolute atomic E-state index is 13.1. The Labute approximate surface area is 182 Å². The summed E-state index contributed by atoms with van der Waals surface area (Å²) in [6.45, 7) is 3.61. The van der Waals surface area contributed by atoms with Gasteiger partial charge in [0.1, 0.15) is 0 Å². The summed E-state index contributed by atoms with van der Waals surface area (Å²) in [5, 5.41) is 0. The van der Waals surface area contributed by atoms with Crippen LogP contribution in [0.3, 0.4) is 0 Å². The van der Waals surface area contributed by atoms with E-state index in [2.05, 4.69) is 17.9 Å². The van der Waals surface area contributed by atoms with Gasteiger partial charge in [-0.25, -0.2) is 0 Å². The first-order valence-corrected chi connectivity index (χ1v) is 10.6. The van der Waals surface area contributed by atoms with E-state index in [9.17, 15) is 13.2 Å². The van der Waals surface area contributed by atoms with Crippen molar-refractivity contribution in [1.82, 2.24) is 4.90 Å². The number of rotatable bonds is 7. The van der Waals surface area contributed by atoms with Gasteiger partial charge < -0.3 is 14.4 Å². The summed E-state index contributed by atoms with van der Waals surface area (Å²) in [5.74, 6) is 1.41. The number of nitrogens with zero attached hydrogens (tertiary/aromatic N) is 2. The minimum absolute atomic E-state index is 0.235. The summed E-state index contributed by atoms with van der Waals surface area (Å²) in [7, 11) is 5.10. The number of ether oxygens (including phenoxy) is 2. The van der Waals surface area contributed by atoms with Crippen molar-refractivity contribution in [3.63, 3.8) is 0 Å². The Morgan fingerprint density at radius 3 is 2.45 bits per heavy atom. The number of alkyl halides is 3. The summed E-state index contributed by atoms with van der Waals surface area (Å²) in [6, 6.07) is 12.2. The number of piperidine rings is 1. The standard InChI is InChI=1S/C24H31F3N2O2/c1-17-7-5-10-21(18-11-12-22(30-3)23(15-18)31-4)29(17)14-13-28(2)20-9-6-8-19(16-20)24(25,26)27/h6,8-9,11-12,15-17,21H,5,7,10,13-14H2,1-4H3. The number of halogens is 3. The van der Waals surface area contributed by atoms with Crippen LogP contribution in [0.2, 0.25) is 0 Å². The summed E-state index contributed by atoms with van der Waals surface area (Å²) in [4.78, 5) is 4.34. The molecule has 2 atom stereocenters. The molecular weight excluding hydrogens is 405 g/mol. The molecule has 1 fully saturated rings. The maximum atomic E-state index is 13.1. The molecule has 1 aliphatic rings. The Morgan fingerprint density at radius 2 is 1.77 bits per heavy atom. The van der Waals surface area contributed by atoms with E-state index in [4.69, 9.17) is 9.47 Å². The van der Waals surface area contributed by atoms with Crippen LogP contribution in [0.25, 0.3) is 0 Å². The van der Waals surface area contributed by atoms with Crippen LogP contribution >= 0.6 is 0 Å². The normalized spacial score (nSPS) is 19.8. The van der Waals surface area contributed by atoms with Gasteiger partial charge in [0.25, 0.3) is 0 Å². The first-order valence-electron chi connectivity index (χ1n) is 10.6. The molecule has 2 aromatic rings. The summed E-state index contributed by atoms with van der Waals surface area (Å²) < 4.78 is 50.0. The van der Waals surface area contributed by atoms with Crippen LogP contribution in [0.1, 0.15) is 43.4 Å². The number of anilines is 1. The van der Waals surface area contributed by atoms with Crippen LogP contribution < -0.4 is 14.4 Å². The van der Waals surface area contributed by atoms with Crippen LogP contribution in [0.4, 0.5) is 18.9 Å². The van der Waals surface area contributed by atoms with Crippen molar-refractivity contribution in [1.29, 1.82) is 0 Å². The van der Waals surface area contributed by atoms with Crippen molar-refractivity contribution in [2.45, 2.75) is 44.4 Å². The Bertz CT molecular complexity index is 872. The largest absolute Gasteiger partial charge is 0.493 e. The molecule has 2 aromatic carbocycles. The summed E-state index contributed by atoms with van der Waals surface area (Å²) >= 11 is 0. The first kappa shape index (κ1) is 23.3. The van der Waals surface area contributed by atoms with Gasteiger partial charge in [-0.2, -0.15) is 13.2 Å². The molecule has 0 radical (unpaired) electrons. The lowest BCUT2D eigenvalue weighted by atomic mass is 9.91. The van der Waals surface area contributed by atoms with Gasteiger partial charge in [0.15, 0.2) is 11.5 Å². The monoisotopic (exact) mass is 436 g/mol. The number of likely N-dealkylation sites (N-methyl/N-ethyl adjacent to an activating group) is 1. The lowest BCUT2D eigenvalue weighted by Crippen LogP contribution is -2.44. The van der Waals surface area contributed by atoms with Gasteiger partial charge in [0.2, 0.25) is 0 Å². The molecule has 31 heavy (non-hydrogen) atoms. The van der Waals surface area contributed by atoms with Crippen LogP contribution in [-0.2, 0) is 6.18 Å². The molecule has 1 aliphatic heterocycles. The Morgan fingerprint density at radius 1 is 1.03 bits per heavy atom. The summed E-state index contributed by atoms with van der Waals surface area (Å²) in [6.07, 6.45) is -1.05. The quantitative estimate of drug-likeness (QED) is 0.550. The van der Waals surface area contributed by atoms with Crippen molar-refractivity contribution in [2.24, 2.45) is 0 Å². The highest BCUT2D eigenvalue weighted by molar-refractivity contribution is 5.48. The predicted octanol–water partition coefficient (Wildman–Crippen LogP) is 5.77. The van der Waals surface area contributed by atoms with E-state index in [0.717, 1.165) is 31.9 Å². The van der Waals surface area contributed by atoms with Crippen molar-refractivity contribution in [3.8, 4) is 11.5 Å². The smallest absolute Gasteiger partial charge is 0.416 e. The second kappa shape index (κ2) is 9.81. The third-order valence-corrected chi connectivity index (χ3v) is 6.17. The molecule has 0 saturated carbocycles. The molecule has 3 rings (SSSR count). The predicted molar refractivity (Wildman–Crippen MR) is 117 cm³/mol. The van der Waals surface area contributed by atoms with Gasteiger partial charge in [-0.3, -0.25) is 4.90 Å². The molecule has 0 spiro atoms. The molecule has 1 saturated heterocycles. The number of hydrogen-bond donors (Lipinski definition) is 0. The molecule has 1 heterocycles. The first-order chi connectivity index (χ1) is 14.7. The number of likely N-dealkylation sites (tertiary alicyclic amines) is 1. The SMILES string of the molecule is COc1ccc(C2CCCC(C)N2CCN(C)c2cccc(C(F)(F)F)c2)cc1OC. The maximum Gasteiger partial charge on any atom is 0.416 e. The van der Waals surface area contributed by atoms with E-state index in [1.807, 2.05) is 24.1 Å². The molecule has 0 aliphatic carbocycles. The average molecular weight is 437 g/mol. The molecule has 7 heteroatoms. The fourth-order valence-corrected chi connectivity index (χ4v) is 4.35. The minimum Gasteiger partial charge on any atom is -0.493 e. The van der Waals surface area contributed by atoms with Gasteiger partial charge in [-0.05, 0) is 55.7 Å². The van der Waals surface area contributed by atoms with Gasteiger partial charge in [-0.1, -0.05) is 18.6 Å². The fourth-order valence-electron chi connectivity index (χ4n) is 4.35. The molecule has 0 N–H and O–H groups in total. The zero-order valence-electron chi connectivity index (χ0n) is 18.6. The average Bonchev–Trinajstić information content (AvgIpc) is 2.77. The topological polar surface area (TPSA) is 24.9 Å². The zero-order chi connectivity index (χ0) is 22.6. The minimum atomic E-state index is -4.34. The highest BCUT2D eigenvalue weighted by Gasteiger charge is 2.31. The van der Waals surface area contributed by atoms with Crippen LogP contribution in [0.15, 0.2) is 42.5 Å². The van der Waals surface area contributed by atoms with E-state index in [-0.39, 0.29) is 6.04 Å². The van der Waals surface area contributed by atoms with Crippen molar-refractivity contribution in [3.05, 3.63) is 53.6 Å². The zero-order valence-corrected chi connectivity index (χ0v) is 18.6. The van der Waals surface area contributed by atoms with Crippen LogP contribution in [0, 0.1) is 0 Å². The van der Waals surface area contributed by atoms with E-state index in [1.165, 1.54) is 17.7 Å². The molecule has 4 nitrogen and oxygen atoms in total. The second-order valence-corrected chi connectivity index (χ2v) is 8.12. The Balaban J connectivity index is 1.75. The third kappa shape index (κ3) is 5.45. The highest BCUT2D eigenvalue weighted by Crippen LogP contribution is 2.38. The van der Waals surface area contributed by atoms with E-state index in [1.54, 1.807) is 20.3 Å². The van der Waals surface area contributed by atoms with E-state index in [0.29, 0.717) is 29.8 Å². The fraction of sp³-hybridized carbons (Fsp3) is 0.500. The van der Waals surface area contributed by atoms with Gasteiger partial charge in [0, 0.05) is 37.9 Å². The number of hydrogen-bond acceptors (Lipinski definition) is 4. The van der Waals surface area contributed by atoms with Gasteiger partial charge in [0.05, 0.1) is 19.8 Å². The van der Waals surface area contributed by atoms with Crippen LogP contribution in [-0.4, -0.2) is 45.3 Å². The molecule has 0 aromatic heterocycles. The third-order valence-electron chi connectivity index (χ3n) is 6.17. The lowest BCUT2D eigenvalue weighted by Gasteiger charge is -2.42. The molecule has 0 bridgehead atoms. The highest BCUT2D eigenvalue weighted by atomic mass is 19.4. The summed E-state index contributed by atoms with van der Waals surface area (Å²) in [5.41, 5.74) is 1.12. The number of methoxy groups -OCH3 is 2. The molecule has 170 valence electrons. The number of benzene rings is 2.